The van der Waals surface area contributed by atoms with Crippen molar-refractivity contribution in [3.8, 4) is 6.07 Å². The van der Waals surface area contributed by atoms with Crippen LogP contribution in [0.2, 0.25) is 0 Å². The van der Waals surface area contributed by atoms with Gasteiger partial charge in [-0.15, -0.1) is 6.58 Å². The Labute approximate surface area is 114 Å². The number of benzene rings is 1. The average Bonchev–Trinajstić information content (AvgIpc) is 2.46. The van der Waals surface area contributed by atoms with E-state index in [2.05, 4.69) is 17.5 Å². The standard InChI is InChI=1S/C16H18N2O/c1-3-13-6-8-18(9-7-13)16-10-14(12(2)19)4-5-15(16)11-17/h3-5,10,13H,1,6-9H2,2H3. The Morgan fingerprint density at radius 3 is 2.68 bits per heavy atom. The molecule has 0 atom stereocenters. The van der Waals surface area contributed by atoms with Crippen LogP contribution < -0.4 is 4.90 Å². The largest absolute Gasteiger partial charge is 0.370 e. The summed E-state index contributed by atoms with van der Waals surface area (Å²) in [5, 5.41) is 9.20. The van der Waals surface area contributed by atoms with Crippen molar-refractivity contribution in [2.75, 3.05) is 18.0 Å². The average molecular weight is 254 g/mol. The van der Waals surface area contributed by atoms with Gasteiger partial charge in [0.2, 0.25) is 0 Å². The van der Waals surface area contributed by atoms with Gasteiger partial charge in [-0.2, -0.15) is 5.26 Å². The monoisotopic (exact) mass is 254 g/mol. The van der Waals surface area contributed by atoms with Crippen LogP contribution in [0.15, 0.2) is 30.9 Å². The Kier molecular flexibility index (Phi) is 4.01. The molecule has 1 aliphatic rings. The summed E-state index contributed by atoms with van der Waals surface area (Å²) in [4.78, 5) is 13.7. The zero-order valence-corrected chi connectivity index (χ0v) is 11.2. The lowest BCUT2D eigenvalue weighted by Crippen LogP contribution is -2.33. The van der Waals surface area contributed by atoms with Crippen LogP contribution in [0.1, 0.15) is 35.7 Å². The lowest BCUT2D eigenvalue weighted by Gasteiger charge is -2.33. The van der Waals surface area contributed by atoms with E-state index >= 15 is 0 Å². The molecular formula is C16H18N2O. The minimum atomic E-state index is 0.0340. The first-order chi connectivity index (χ1) is 9.15. The van der Waals surface area contributed by atoms with E-state index in [4.69, 9.17) is 0 Å². The number of hydrogen-bond donors (Lipinski definition) is 0. The summed E-state index contributed by atoms with van der Waals surface area (Å²) >= 11 is 0. The second-order valence-corrected chi connectivity index (χ2v) is 4.96. The maximum absolute atomic E-state index is 11.5. The fourth-order valence-electron chi connectivity index (χ4n) is 2.48. The summed E-state index contributed by atoms with van der Waals surface area (Å²) in [6, 6.07) is 7.52. The van der Waals surface area contributed by atoms with E-state index in [1.54, 1.807) is 19.1 Å². The minimum Gasteiger partial charge on any atom is -0.370 e. The van der Waals surface area contributed by atoms with Crippen molar-refractivity contribution in [2.45, 2.75) is 19.8 Å². The molecule has 1 fully saturated rings. The number of carbonyl (C=O) groups excluding carboxylic acids is 1. The van der Waals surface area contributed by atoms with E-state index < -0.39 is 0 Å². The van der Waals surface area contributed by atoms with Crippen LogP contribution in [0.4, 0.5) is 5.69 Å². The molecule has 1 aromatic carbocycles. The number of rotatable bonds is 3. The van der Waals surface area contributed by atoms with Crippen molar-refractivity contribution in [3.63, 3.8) is 0 Å². The summed E-state index contributed by atoms with van der Waals surface area (Å²) in [6.45, 7) is 7.21. The fraction of sp³-hybridized carbons (Fsp3) is 0.375. The van der Waals surface area contributed by atoms with E-state index in [1.807, 2.05) is 12.1 Å². The molecule has 2 rings (SSSR count). The van der Waals surface area contributed by atoms with Crippen LogP contribution in [0, 0.1) is 17.2 Å². The van der Waals surface area contributed by atoms with E-state index in [-0.39, 0.29) is 5.78 Å². The molecule has 0 aromatic heterocycles. The highest BCUT2D eigenvalue weighted by Crippen LogP contribution is 2.27. The highest BCUT2D eigenvalue weighted by Gasteiger charge is 2.20. The van der Waals surface area contributed by atoms with Gasteiger partial charge >= 0.3 is 0 Å². The number of nitriles is 1. The van der Waals surface area contributed by atoms with Crippen LogP contribution in [0.25, 0.3) is 0 Å². The zero-order chi connectivity index (χ0) is 13.8. The summed E-state index contributed by atoms with van der Waals surface area (Å²) in [5.74, 6) is 0.601. The molecule has 0 N–H and O–H groups in total. The van der Waals surface area contributed by atoms with Gasteiger partial charge in [-0.1, -0.05) is 6.08 Å². The molecule has 1 saturated heterocycles. The molecule has 0 radical (unpaired) electrons. The van der Waals surface area contributed by atoms with Gasteiger partial charge in [0.25, 0.3) is 0 Å². The van der Waals surface area contributed by atoms with Crippen molar-refractivity contribution in [2.24, 2.45) is 5.92 Å². The molecule has 0 spiro atoms. The first kappa shape index (κ1) is 13.4. The molecule has 0 unspecified atom stereocenters. The number of Topliss-reactive ketones (excluding diaryl/α,β-unsaturated/α-hetero) is 1. The first-order valence-electron chi connectivity index (χ1n) is 6.58. The quantitative estimate of drug-likeness (QED) is 0.614. The molecule has 98 valence electrons. The van der Waals surface area contributed by atoms with Gasteiger partial charge < -0.3 is 4.90 Å². The van der Waals surface area contributed by atoms with Gasteiger partial charge in [0.05, 0.1) is 11.3 Å². The highest BCUT2D eigenvalue weighted by molar-refractivity contribution is 5.95. The molecule has 1 heterocycles. The van der Waals surface area contributed by atoms with Crippen LogP contribution in [0.5, 0.6) is 0 Å². The lowest BCUT2D eigenvalue weighted by molar-refractivity contribution is 0.101. The Balaban J connectivity index is 2.28. The van der Waals surface area contributed by atoms with Gasteiger partial charge in [-0.05, 0) is 43.9 Å². The normalized spacial score (nSPS) is 15.9. The highest BCUT2D eigenvalue weighted by atomic mass is 16.1. The summed E-state index contributed by atoms with van der Waals surface area (Å²) in [7, 11) is 0. The Hall–Kier alpha value is -2.08. The summed E-state index contributed by atoms with van der Waals surface area (Å²) in [5.41, 5.74) is 2.19. The molecule has 0 aliphatic carbocycles. The van der Waals surface area contributed by atoms with Crippen molar-refractivity contribution in [3.05, 3.63) is 42.0 Å². The number of piperidine rings is 1. The van der Waals surface area contributed by atoms with Crippen LogP contribution in [-0.2, 0) is 0 Å². The third kappa shape index (κ3) is 2.85. The molecule has 0 saturated carbocycles. The predicted octanol–water partition coefficient (Wildman–Crippen LogP) is 3.16. The van der Waals surface area contributed by atoms with E-state index in [0.29, 0.717) is 17.0 Å². The van der Waals surface area contributed by atoms with Gasteiger partial charge in [0, 0.05) is 18.7 Å². The van der Waals surface area contributed by atoms with E-state index in [9.17, 15) is 10.1 Å². The molecule has 3 nitrogen and oxygen atoms in total. The SMILES string of the molecule is C=CC1CCN(c2cc(C(C)=O)ccc2C#N)CC1. The predicted molar refractivity (Wildman–Crippen MR) is 76.3 cm³/mol. The van der Waals surface area contributed by atoms with Crippen LogP contribution in [0.3, 0.4) is 0 Å². The summed E-state index contributed by atoms with van der Waals surface area (Å²) in [6.07, 6.45) is 4.12. The number of nitrogens with zero attached hydrogens (tertiary/aromatic N) is 2. The number of carbonyl (C=O) groups is 1. The van der Waals surface area contributed by atoms with E-state index in [0.717, 1.165) is 31.6 Å². The maximum Gasteiger partial charge on any atom is 0.159 e. The van der Waals surface area contributed by atoms with Gasteiger partial charge in [0.15, 0.2) is 5.78 Å². The first-order valence-corrected chi connectivity index (χ1v) is 6.58. The van der Waals surface area contributed by atoms with Gasteiger partial charge in [-0.3, -0.25) is 4.79 Å². The minimum absolute atomic E-state index is 0.0340. The fourth-order valence-corrected chi connectivity index (χ4v) is 2.48. The number of anilines is 1. The molecule has 0 amide bonds. The van der Waals surface area contributed by atoms with Crippen molar-refractivity contribution < 1.29 is 4.79 Å². The molecule has 19 heavy (non-hydrogen) atoms. The topological polar surface area (TPSA) is 44.1 Å². The third-order valence-corrected chi connectivity index (χ3v) is 3.74. The van der Waals surface area contributed by atoms with Crippen LogP contribution in [-0.4, -0.2) is 18.9 Å². The number of ketones is 1. The van der Waals surface area contributed by atoms with Gasteiger partial charge in [0.1, 0.15) is 6.07 Å². The van der Waals surface area contributed by atoms with Crippen molar-refractivity contribution in [1.29, 1.82) is 5.26 Å². The molecule has 1 aromatic rings. The third-order valence-electron chi connectivity index (χ3n) is 3.74. The van der Waals surface area contributed by atoms with E-state index in [1.165, 1.54) is 0 Å². The van der Waals surface area contributed by atoms with Crippen molar-refractivity contribution in [1.82, 2.24) is 0 Å². The number of allylic oxidation sites excluding steroid dienone is 1. The smallest absolute Gasteiger partial charge is 0.159 e. The van der Waals surface area contributed by atoms with Crippen LogP contribution >= 0.6 is 0 Å². The molecule has 1 aliphatic heterocycles. The molecule has 0 bridgehead atoms. The Morgan fingerprint density at radius 1 is 1.47 bits per heavy atom. The van der Waals surface area contributed by atoms with Crippen molar-refractivity contribution >= 4 is 11.5 Å². The zero-order valence-electron chi connectivity index (χ0n) is 11.2. The molecule has 3 heteroatoms. The second kappa shape index (κ2) is 5.71. The lowest BCUT2D eigenvalue weighted by atomic mass is 9.95. The molecular weight excluding hydrogens is 236 g/mol. The Morgan fingerprint density at radius 2 is 2.16 bits per heavy atom. The van der Waals surface area contributed by atoms with Gasteiger partial charge in [-0.25, -0.2) is 0 Å². The number of hydrogen-bond acceptors (Lipinski definition) is 3. The summed E-state index contributed by atoms with van der Waals surface area (Å²) < 4.78 is 0. The second-order valence-electron chi connectivity index (χ2n) is 4.96. The maximum atomic E-state index is 11.5. The Bertz CT molecular complexity index is 534.